The molecule has 0 aliphatic rings. The second kappa shape index (κ2) is 8.66. The first-order valence-electron chi connectivity index (χ1n) is 12.3. The van der Waals surface area contributed by atoms with Crippen LogP contribution in [0.25, 0.3) is 52.8 Å². The number of unbranched alkanes of at least 4 members (excludes halogenated alkanes) is 5. The molecule has 0 unspecified atom stereocenters. The maximum Gasteiger partial charge on any atom is 0.125 e. The average molecular weight is 472 g/mol. The molecule has 6 rings (SSSR count). The molecule has 0 atom stereocenters. The van der Waals surface area contributed by atoms with Crippen molar-refractivity contribution in [2.45, 2.75) is 52.0 Å². The molecule has 0 saturated carbocycles. The van der Waals surface area contributed by atoms with Crippen LogP contribution in [0.15, 0.2) is 60.7 Å². The highest BCUT2D eigenvalue weighted by Gasteiger charge is 2.17. The van der Waals surface area contributed by atoms with Gasteiger partial charge in [0.15, 0.2) is 0 Å². The molecule has 4 aromatic carbocycles. The van der Waals surface area contributed by atoms with Crippen LogP contribution in [0.3, 0.4) is 0 Å². The predicted molar refractivity (Wildman–Crippen MR) is 143 cm³/mol. The van der Waals surface area contributed by atoms with E-state index in [2.05, 4.69) is 35.8 Å². The summed E-state index contributed by atoms with van der Waals surface area (Å²) in [5.74, 6) is -0.399. The maximum absolute atomic E-state index is 14.3. The van der Waals surface area contributed by atoms with Crippen LogP contribution in [-0.4, -0.2) is 4.57 Å². The molecule has 2 aromatic heterocycles. The summed E-state index contributed by atoms with van der Waals surface area (Å²) in [6.07, 6.45) is 7.34. The molecule has 0 fully saturated rings. The molecule has 0 spiro atoms. The Balaban J connectivity index is 1.56. The summed E-state index contributed by atoms with van der Waals surface area (Å²) in [4.78, 5) is 0. The van der Waals surface area contributed by atoms with Crippen molar-refractivity contribution in [1.82, 2.24) is 4.57 Å². The normalized spacial score (nSPS) is 12.2. The lowest BCUT2D eigenvalue weighted by Crippen LogP contribution is -1.98. The Morgan fingerprint density at radius 3 is 2.03 bits per heavy atom. The SMILES string of the molecule is CCCCCCCCn1c2cc(F)ccc2c2ccc3c(ccc4c5ccc(F)cc5sc43)c21. The number of benzene rings is 4. The van der Waals surface area contributed by atoms with Crippen molar-refractivity contribution in [3.05, 3.63) is 72.3 Å². The molecule has 0 amide bonds. The van der Waals surface area contributed by atoms with Crippen LogP contribution < -0.4 is 0 Å². The number of aryl methyl sites for hydroxylation is 1. The first-order valence-corrected chi connectivity index (χ1v) is 13.1. The number of nitrogens with zero attached hydrogens (tertiary/aromatic N) is 1. The van der Waals surface area contributed by atoms with Crippen molar-refractivity contribution in [3.8, 4) is 0 Å². The van der Waals surface area contributed by atoms with Crippen LogP contribution in [-0.2, 0) is 6.54 Å². The van der Waals surface area contributed by atoms with Gasteiger partial charge >= 0.3 is 0 Å². The van der Waals surface area contributed by atoms with Gasteiger partial charge in [-0.1, -0.05) is 69.4 Å². The fourth-order valence-corrected chi connectivity index (χ4v) is 6.72. The van der Waals surface area contributed by atoms with Crippen LogP contribution in [0.2, 0.25) is 0 Å². The van der Waals surface area contributed by atoms with Crippen molar-refractivity contribution >= 4 is 64.1 Å². The third kappa shape index (κ3) is 3.47. The van der Waals surface area contributed by atoms with E-state index in [-0.39, 0.29) is 11.6 Å². The monoisotopic (exact) mass is 471 g/mol. The Morgan fingerprint density at radius 2 is 1.24 bits per heavy atom. The van der Waals surface area contributed by atoms with E-state index in [4.69, 9.17) is 0 Å². The van der Waals surface area contributed by atoms with E-state index in [9.17, 15) is 8.78 Å². The summed E-state index contributed by atoms with van der Waals surface area (Å²) in [6, 6.07) is 18.9. The van der Waals surface area contributed by atoms with Gasteiger partial charge in [0.1, 0.15) is 11.6 Å². The van der Waals surface area contributed by atoms with Gasteiger partial charge in [-0.25, -0.2) is 8.78 Å². The number of rotatable bonds is 7. The largest absolute Gasteiger partial charge is 0.340 e. The molecular formula is C30H27F2NS. The van der Waals surface area contributed by atoms with E-state index in [1.54, 1.807) is 29.5 Å². The lowest BCUT2D eigenvalue weighted by Gasteiger charge is -2.10. The Hall–Kier alpha value is -2.98. The van der Waals surface area contributed by atoms with E-state index in [0.29, 0.717) is 0 Å². The number of fused-ring (bicyclic) bond motifs is 9. The number of halogens is 2. The zero-order valence-corrected chi connectivity index (χ0v) is 20.2. The highest BCUT2D eigenvalue weighted by Crippen LogP contribution is 2.42. The Kier molecular flexibility index (Phi) is 5.49. The van der Waals surface area contributed by atoms with Crippen molar-refractivity contribution in [2.75, 3.05) is 0 Å². The molecule has 34 heavy (non-hydrogen) atoms. The summed E-state index contributed by atoms with van der Waals surface area (Å²) in [6.45, 7) is 3.12. The van der Waals surface area contributed by atoms with Gasteiger partial charge in [0.05, 0.1) is 11.0 Å². The maximum atomic E-state index is 14.3. The summed E-state index contributed by atoms with van der Waals surface area (Å²) in [5, 5.41) is 6.89. The Labute approximate surface area is 201 Å². The molecular weight excluding hydrogens is 444 g/mol. The zero-order valence-electron chi connectivity index (χ0n) is 19.3. The lowest BCUT2D eigenvalue weighted by molar-refractivity contribution is 0.570. The quantitative estimate of drug-likeness (QED) is 0.204. The number of hydrogen-bond acceptors (Lipinski definition) is 1. The minimum atomic E-state index is -0.202. The molecule has 0 bridgehead atoms. The van der Waals surface area contributed by atoms with Gasteiger partial charge in [-0.15, -0.1) is 11.3 Å². The third-order valence-electron chi connectivity index (χ3n) is 7.11. The van der Waals surface area contributed by atoms with Gasteiger partial charge in [-0.05, 0) is 36.8 Å². The van der Waals surface area contributed by atoms with E-state index in [1.807, 2.05) is 12.1 Å². The minimum absolute atomic E-state index is 0.197. The lowest BCUT2D eigenvalue weighted by atomic mass is 10.0. The molecule has 0 aliphatic carbocycles. The Morgan fingerprint density at radius 1 is 0.647 bits per heavy atom. The summed E-state index contributed by atoms with van der Waals surface area (Å²) in [7, 11) is 0. The summed E-state index contributed by atoms with van der Waals surface area (Å²) < 4.78 is 32.7. The van der Waals surface area contributed by atoms with Gasteiger partial charge in [0, 0.05) is 48.3 Å². The molecule has 4 heteroatoms. The smallest absolute Gasteiger partial charge is 0.125 e. The van der Waals surface area contributed by atoms with E-state index < -0.39 is 0 Å². The highest BCUT2D eigenvalue weighted by atomic mass is 32.1. The van der Waals surface area contributed by atoms with Crippen molar-refractivity contribution in [1.29, 1.82) is 0 Å². The fraction of sp³-hybridized carbons (Fsp3) is 0.267. The van der Waals surface area contributed by atoms with Crippen molar-refractivity contribution in [2.24, 2.45) is 0 Å². The standard InChI is InChI=1S/C30H27F2NS/c1-2-3-4-5-6-7-16-33-27-17-19(31)8-10-21(27)23-12-15-26-24(29(23)33)13-14-25-22-11-9-20(32)18-28(22)34-30(25)26/h8-15,17-18H,2-7,16H2,1H3. The fourth-order valence-electron chi connectivity index (χ4n) is 5.46. The summed E-state index contributed by atoms with van der Waals surface area (Å²) >= 11 is 1.65. The van der Waals surface area contributed by atoms with Gasteiger partial charge in [0.25, 0.3) is 0 Å². The number of hydrogen-bond donors (Lipinski definition) is 0. The predicted octanol–water partition coefficient (Wildman–Crippen LogP) is 9.95. The topological polar surface area (TPSA) is 4.93 Å². The van der Waals surface area contributed by atoms with E-state index in [1.165, 1.54) is 64.5 Å². The molecule has 1 nitrogen and oxygen atoms in total. The van der Waals surface area contributed by atoms with Crippen molar-refractivity contribution in [3.63, 3.8) is 0 Å². The van der Waals surface area contributed by atoms with Gasteiger partial charge in [-0.2, -0.15) is 0 Å². The van der Waals surface area contributed by atoms with E-state index >= 15 is 0 Å². The van der Waals surface area contributed by atoms with Gasteiger partial charge < -0.3 is 4.57 Å². The van der Waals surface area contributed by atoms with Crippen LogP contribution in [0.4, 0.5) is 8.78 Å². The van der Waals surface area contributed by atoms with Crippen LogP contribution in [0.1, 0.15) is 45.4 Å². The van der Waals surface area contributed by atoms with Crippen molar-refractivity contribution < 1.29 is 8.78 Å². The van der Waals surface area contributed by atoms with Crippen LogP contribution in [0.5, 0.6) is 0 Å². The first-order chi connectivity index (χ1) is 16.7. The number of aromatic nitrogens is 1. The molecule has 6 aromatic rings. The molecule has 0 N–H and O–H groups in total. The molecule has 0 aliphatic heterocycles. The van der Waals surface area contributed by atoms with Gasteiger partial charge in [0.2, 0.25) is 0 Å². The Bertz CT molecular complexity index is 1670. The van der Waals surface area contributed by atoms with Crippen LogP contribution in [0, 0.1) is 11.6 Å². The second-order valence-corrected chi connectivity index (χ2v) is 10.4. The first kappa shape index (κ1) is 21.5. The van der Waals surface area contributed by atoms with Crippen LogP contribution >= 0.6 is 11.3 Å². The second-order valence-electron chi connectivity index (χ2n) is 9.32. The molecule has 172 valence electrons. The molecule has 0 radical (unpaired) electrons. The van der Waals surface area contributed by atoms with Gasteiger partial charge in [-0.3, -0.25) is 0 Å². The highest BCUT2D eigenvalue weighted by molar-refractivity contribution is 7.26. The summed E-state index contributed by atoms with van der Waals surface area (Å²) in [5.41, 5.74) is 2.15. The minimum Gasteiger partial charge on any atom is -0.340 e. The number of thiophene rings is 1. The van der Waals surface area contributed by atoms with E-state index in [0.717, 1.165) is 39.3 Å². The average Bonchev–Trinajstić information content (AvgIpc) is 3.36. The molecule has 2 heterocycles. The molecule has 0 saturated heterocycles. The zero-order chi connectivity index (χ0) is 23.2. The third-order valence-corrected chi connectivity index (χ3v) is 8.32.